The summed E-state index contributed by atoms with van der Waals surface area (Å²) < 4.78 is 5.18. The fraction of sp³-hybridized carbons (Fsp3) is 0.154. The van der Waals surface area contributed by atoms with Crippen LogP contribution in [-0.4, -0.2) is 23.8 Å². The van der Waals surface area contributed by atoms with Gasteiger partial charge in [-0.15, -0.1) is 11.3 Å². The van der Waals surface area contributed by atoms with Crippen molar-refractivity contribution < 1.29 is 14.4 Å². The van der Waals surface area contributed by atoms with Crippen molar-refractivity contribution in [1.82, 2.24) is 4.98 Å². The predicted molar refractivity (Wildman–Crippen MR) is 76.3 cm³/mol. The third-order valence-corrected chi connectivity index (χ3v) is 3.03. The maximum atomic E-state index is 12.0. The van der Waals surface area contributed by atoms with Gasteiger partial charge in [-0.05, 0) is 5.56 Å². The lowest BCUT2D eigenvalue weighted by atomic mass is 10.2. The summed E-state index contributed by atoms with van der Waals surface area (Å²) in [5.41, 5.74) is 6.76. The van der Waals surface area contributed by atoms with Gasteiger partial charge in [-0.25, -0.2) is 9.78 Å². The van der Waals surface area contributed by atoms with E-state index in [0.29, 0.717) is 10.8 Å². The van der Waals surface area contributed by atoms with Crippen LogP contribution >= 0.6 is 11.3 Å². The zero-order valence-corrected chi connectivity index (χ0v) is 11.6. The van der Waals surface area contributed by atoms with E-state index in [-0.39, 0.29) is 12.3 Å². The van der Waals surface area contributed by atoms with Gasteiger partial charge in [0.25, 0.3) is 0 Å². The van der Waals surface area contributed by atoms with E-state index in [1.54, 1.807) is 5.38 Å². The number of nitrogens with zero attached hydrogens (tertiary/aromatic N) is 2. The first-order valence-electron chi connectivity index (χ1n) is 5.74. The van der Waals surface area contributed by atoms with E-state index in [1.807, 2.05) is 30.3 Å². The summed E-state index contributed by atoms with van der Waals surface area (Å²) in [6, 6.07) is 9.35. The molecule has 0 bridgehead atoms. The summed E-state index contributed by atoms with van der Waals surface area (Å²) in [4.78, 5) is 20.6. The highest BCUT2D eigenvalue weighted by atomic mass is 32.1. The Hall–Kier alpha value is -2.41. The van der Waals surface area contributed by atoms with E-state index in [9.17, 15) is 4.79 Å². The molecule has 20 heavy (non-hydrogen) atoms. The molecule has 0 radical (unpaired) electrons. The minimum Gasteiger partial charge on any atom is -0.456 e. The molecule has 1 aromatic carbocycles. The monoisotopic (exact) mass is 291 g/mol. The van der Waals surface area contributed by atoms with E-state index in [0.717, 1.165) is 5.56 Å². The quantitative estimate of drug-likeness (QED) is 0.516. The highest BCUT2D eigenvalue weighted by Gasteiger charge is 2.19. The van der Waals surface area contributed by atoms with Gasteiger partial charge in [-0.2, -0.15) is 0 Å². The van der Waals surface area contributed by atoms with Crippen LogP contribution in [0.5, 0.6) is 0 Å². The van der Waals surface area contributed by atoms with Crippen LogP contribution in [0.4, 0.5) is 5.13 Å². The maximum absolute atomic E-state index is 12.0. The Morgan fingerprint density at radius 2 is 2.15 bits per heavy atom. The molecule has 2 N–H and O–H groups in total. The number of carbonyl (C=O) groups is 1. The molecule has 7 heteroatoms. The van der Waals surface area contributed by atoms with Gasteiger partial charge in [0.05, 0.1) is 0 Å². The van der Waals surface area contributed by atoms with E-state index in [1.165, 1.54) is 18.4 Å². The Labute approximate surface area is 119 Å². The van der Waals surface area contributed by atoms with Crippen molar-refractivity contribution in [1.29, 1.82) is 0 Å². The van der Waals surface area contributed by atoms with Gasteiger partial charge >= 0.3 is 5.97 Å². The van der Waals surface area contributed by atoms with Crippen LogP contribution in [0.3, 0.4) is 0 Å². The summed E-state index contributed by atoms with van der Waals surface area (Å²) in [6.07, 6.45) is 0. The lowest BCUT2D eigenvalue weighted by molar-refractivity contribution is -0.136. The summed E-state index contributed by atoms with van der Waals surface area (Å²) in [6.45, 7) is 0.155. The number of carbonyl (C=O) groups excluding carboxylic acids is 1. The average molecular weight is 291 g/mol. The Morgan fingerprint density at radius 1 is 1.40 bits per heavy atom. The fourth-order valence-corrected chi connectivity index (χ4v) is 2.02. The number of esters is 1. The molecule has 0 aliphatic heterocycles. The molecule has 0 saturated heterocycles. The van der Waals surface area contributed by atoms with Crippen LogP contribution < -0.4 is 5.73 Å². The van der Waals surface area contributed by atoms with Crippen molar-refractivity contribution in [3.05, 3.63) is 47.0 Å². The standard InChI is InChI=1S/C13H13N3O3S/c1-18-16-11(10-8-20-13(14)15-10)12(17)19-7-9-5-3-2-4-6-9/h2-6,8H,7H2,1H3,(H2,14,15). The first-order chi connectivity index (χ1) is 9.70. The zero-order chi connectivity index (χ0) is 14.4. The Kier molecular flexibility index (Phi) is 4.67. The smallest absolute Gasteiger partial charge is 0.363 e. The summed E-state index contributed by atoms with van der Waals surface area (Å²) >= 11 is 1.21. The van der Waals surface area contributed by atoms with Crippen LogP contribution in [-0.2, 0) is 21.0 Å². The molecule has 2 rings (SSSR count). The van der Waals surface area contributed by atoms with Gasteiger partial charge in [0.15, 0.2) is 5.13 Å². The van der Waals surface area contributed by atoms with Crippen LogP contribution in [0.25, 0.3) is 0 Å². The lowest BCUT2D eigenvalue weighted by Crippen LogP contribution is -2.19. The topological polar surface area (TPSA) is 86.8 Å². The number of rotatable bonds is 5. The van der Waals surface area contributed by atoms with Crippen molar-refractivity contribution in [3.8, 4) is 0 Å². The van der Waals surface area contributed by atoms with Gasteiger partial charge < -0.3 is 15.3 Å². The maximum Gasteiger partial charge on any atom is 0.363 e. The number of hydrogen-bond acceptors (Lipinski definition) is 7. The Bertz CT molecular complexity index is 610. The number of nitrogens with two attached hydrogens (primary N) is 1. The van der Waals surface area contributed by atoms with Crippen molar-refractivity contribution in [2.24, 2.45) is 5.16 Å². The molecule has 1 heterocycles. The van der Waals surface area contributed by atoms with Crippen molar-refractivity contribution >= 4 is 28.1 Å². The number of oxime groups is 1. The lowest BCUT2D eigenvalue weighted by Gasteiger charge is -2.05. The minimum absolute atomic E-state index is 0.00335. The van der Waals surface area contributed by atoms with Gasteiger partial charge in [0.2, 0.25) is 5.71 Å². The first kappa shape index (κ1) is 14.0. The van der Waals surface area contributed by atoms with Gasteiger partial charge in [-0.1, -0.05) is 35.5 Å². The Balaban J connectivity index is 2.07. The Morgan fingerprint density at radius 3 is 2.75 bits per heavy atom. The minimum atomic E-state index is -0.610. The summed E-state index contributed by atoms with van der Waals surface area (Å²) in [5, 5.41) is 5.62. The molecule has 0 atom stereocenters. The van der Waals surface area contributed by atoms with Crippen molar-refractivity contribution in [2.75, 3.05) is 12.8 Å². The molecule has 1 aromatic heterocycles. The number of ether oxygens (including phenoxy) is 1. The second-order valence-corrected chi connectivity index (χ2v) is 4.64. The molecule has 0 aliphatic carbocycles. The number of anilines is 1. The second-order valence-electron chi connectivity index (χ2n) is 3.76. The first-order valence-corrected chi connectivity index (χ1v) is 6.62. The molecule has 2 aromatic rings. The molecular formula is C13H13N3O3S. The summed E-state index contributed by atoms with van der Waals surface area (Å²) in [5.74, 6) is -0.610. The van der Waals surface area contributed by atoms with Crippen LogP contribution in [0.2, 0.25) is 0 Å². The van der Waals surface area contributed by atoms with Gasteiger partial charge in [0.1, 0.15) is 19.4 Å². The van der Waals surface area contributed by atoms with Crippen molar-refractivity contribution in [3.63, 3.8) is 0 Å². The van der Waals surface area contributed by atoms with Crippen LogP contribution in [0.1, 0.15) is 11.3 Å². The molecule has 0 unspecified atom stereocenters. The van der Waals surface area contributed by atoms with Crippen molar-refractivity contribution in [2.45, 2.75) is 6.61 Å². The molecule has 0 aliphatic rings. The van der Waals surface area contributed by atoms with Gasteiger partial charge in [0, 0.05) is 5.38 Å². The second kappa shape index (κ2) is 6.67. The largest absolute Gasteiger partial charge is 0.456 e. The predicted octanol–water partition coefficient (Wildman–Crippen LogP) is 1.82. The number of aromatic nitrogens is 1. The fourth-order valence-electron chi connectivity index (χ4n) is 1.47. The van der Waals surface area contributed by atoms with Crippen LogP contribution in [0, 0.1) is 0 Å². The third-order valence-electron chi connectivity index (χ3n) is 2.35. The number of nitrogen functional groups attached to an aromatic ring is 1. The normalized spacial score (nSPS) is 11.2. The SMILES string of the molecule is CON=C(C(=O)OCc1ccccc1)c1csc(N)n1. The van der Waals surface area contributed by atoms with E-state index >= 15 is 0 Å². The van der Waals surface area contributed by atoms with E-state index in [2.05, 4.69) is 15.0 Å². The molecule has 0 spiro atoms. The highest BCUT2D eigenvalue weighted by Crippen LogP contribution is 2.13. The molecular weight excluding hydrogens is 278 g/mol. The van der Waals surface area contributed by atoms with E-state index < -0.39 is 5.97 Å². The number of thiazole rings is 1. The van der Waals surface area contributed by atoms with Gasteiger partial charge in [-0.3, -0.25) is 0 Å². The zero-order valence-electron chi connectivity index (χ0n) is 10.8. The molecule has 6 nitrogen and oxygen atoms in total. The van der Waals surface area contributed by atoms with E-state index in [4.69, 9.17) is 10.5 Å². The molecule has 0 fully saturated rings. The van der Waals surface area contributed by atoms with Crippen LogP contribution in [0.15, 0.2) is 40.9 Å². The summed E-state index contributed by atoms with van der Waals surface area (Å²) in [7, 11) is 1.35. The molecule has 104 valence electrons. The number of benzene rings is 1. The third kappa shape index (κ3) is 3.55. The number of hydrogen-bond donors (Lipinski definition) is 1. The molecule has 0 saturated carbocycles. The molecule has 0 amide bonds. The average Bonchev–Trinajstić information content (AvgIpc) is 2.89. The highest BCUT2D eigenvalue weighted by molar-refractivity contribution is 7.13.